The molecule has 1 unspecified atom stereocenters. The Kier molecular flexibility index (Phi) is 6.84. The van der Waals surface area contributed by atoms with E-state index in [4.69, 9.17) is 0 Å². The predicted molar refractivity (Wildman–Crippen MR) is 84.0 cm³/mol. The predicted octanol–water partition coefficient (Wildman–Crippen LogP) is 1.98. The number of thiophene rings is 1. The molecule has 0 fully saturated rings. The normalized spacial score (nSPS) is 12.8. The van der Waals surface area contributed by atoms with Crippen LogP contribution in [0.15, 0.2) is 17.5 Å². The van der Waals surface area contributed by atoms with Gasteiger partial charge in [-0.2, -0.15) is 0 Å². The van der Waals surface area contributed by atoms with Crippen molar-refractivity contribution in [1.82, 2.24) is 10.6 Å². The maximum atomic E-state index is 12.3. The van der Waals surface area contributed by atoms with Gasteiger partial charge in [0.15, 0.2) is 0 Å². The molecule has 0 bridgehead atoms. The van der Waals surface area contributed by atoms with Gasteiger partial charge in [0.05, 0.1) is 24.6 Å². The van der Waals surface area contributed by atoms with E-state index in [2.05, 4.69) is 10.6 Å². The van der Waals surface area contributed by atoms with Gasteiger partial charge in [-0.05, 0) is 24.3 Å². The summed E-state index contributed by atoms with van der Waals surface area (Å²) in [7, 11) is 0. The van der Waals surface area contributed by atoms with Crippen LogP contribution >= 0.6 is 11.3 Å². The molecule has 0 spiro atoms. The first kappa shape index (κ1) is 17.7. The Labute approximate surface area is 129 Å². The Bertz CT molecular complexity index is 447. The van der Waals surface area contributed by atoms with Crippen LogP contribution in [0.25, 0.3) is 0 Å². The molecule has 118 valence electrons. The number of hydrogen-bond acceptors (Lipinski definition) is 4. The number of rotatable bonds is 8. The minimum atomic E-state index is -0.576. The monoisotopic (exact) mass is 312 g/mol. The minimum absolute atomic E-state index is 0.0878. The largest absolute Gasteiger partial charge is 0.394 e. The van der Waals surface area contributed by atoms with Crippen LogP contribution in [0, 0.1) is 0 Å². The van der Waals surface area contributed by atoms with E-state index in [1.807, 2.05) is 31.4 Å². The fraction of sp³-hybridized carbons (Fsp3) is 0.600. The lowest BCUT2D eigenvalue weighted by Crippen LogP contribution is -2.51. The van der Waals surface area contributed by atoms with Gasteiger partial charge in [-0.25, -0.2) is 0 Å². The molecule has 5 nitrogen and oxygen atoms in total. The van der Waals surface area contributed by atoms with Crippen molar-refractivity contribution in [3.63, 3.8) is 0 Å². The van der Waals surface area contributed by atoms with Gasteiger partial charge in [-0.1, -0.05) is 19.9 Å². The molecule has 0 aliphatic heterocycles. The Morgan fingerprint density at radius 3 is 2.48 bits per heavy atom. The molecule has 0 radical (unpaired) electrons. The van der Waals surface area contributed by atoms with Crippen LogP contribution in [-0.4, -0.2) is 29.1 Å². The third-order valence-electron chi connectivity index (χ3n) is 3.71. The van der Waals surface area contributed by atoms with E-state index in [1.165, 1.54) is 18.3 Å². The number of hydrogen-bond donors (Lipinski definition) is 3. The van der Waals surface area contributed by atoms with Crippen molar-refractivity contribution in [3.8, 4) is 0 Å². The number of nitrogens with one attached hydrogen (secondary N) is 2. The smallest absolute Gasteiger partial charge is 0.222 e. The molecule has 1 heterocycles. The van der Waals surface area contributed by atoms with E-state index in [0.29, 0.717) is 12.8 Å². The molecular formula is C15H24N2O3S. The summed E-state index contributed by atoms with van der Waals surface area (Å²) in [6.07, 6.45) is 1.49. The van der Waals surface area contributed by atoms with E-state index in [0.717, 1.165) is 4.88 Å². The molecule has 6 heteroatoms. The Balaban J connectivity index is 2.75. The van der Waals surface area contributed by atoms with Gasteiger partial charge in [0, 0.05) is 11.8 Å². The molecule has 0 aromatic carbocycles. The number of carbonyl (C=O) groups excluding carboxylic acids is 2. The van der Waals surface area contributed by atoms with Gasteiger partial charge in [-0.3, -0.25) is 9.59 Å². The number of carbonyl (C=O) groups is 2. The first-order chi connectivity index (χ1) is 9.96. The summed E-state index contributed by atoms with van der Waals surface area (Å²) < 4.78 is 0. The third-order valence-corrected chi connectivity index (χ3v) is 4.70. The average molecular weight is 312 g/mol. The number of aliphatic hydroxyl groups is 1. The quantitative estimate of drug-likeness (QED) is 0.687. The van der Waals surface area contributed by atoms with Crippen molar-refractivity contribution < 1.29 is 14.7 Å². The molecule has 1 aromatic rings. The highest BCUT2D eigenvalue weighted by Gasteiger charge is 2.28. The Hall–Kier alpha value is -1.40. The second-order valence-corrected chi connectivity index (χ2v) is 6.15. The van der Waals surface area contributed by atoms with Gasteiger partial charge in [0.25, 0.3) is 0 Å². The highest BCUT2D eigenvalue weighted by atomic mass is 32.1. The zero-order chi connectivity index (χ0) is 15.9. The third kappa shape index (κ3) is 5.13. The molecular weight excluding hydrogens is 288 g/mol. The van der Waals surface area contributed by atoms with Gasteiger partial charge in [0.1, 0.15) is 0 Å². The maximum absolute atomic E-state index is 12.3. The first-order valence-corrected chi connectivity index (χ1v) is 8.06. The molecule has 0 aliphatic rings. The standard InChI is InChI=1S/C15H24N2O3S/c1-4-15(5-2,10-18)17-14(20)9-12(16-11(3)19)13-7-6-8-21-13/h6-8,12,18H,4-5,9-10H2,1-3H3,(H,16,19)(H,17,20). The minimum Gasteiger partial charge on any atom is -0.394 e. The van der Waals surface area contributed by atoms with Crippen molar-refractivity contribution in [2.45, 2.75) is 51.6 Å². The van der Waals surface area contributed by atoms with E-state index in [9.17, 15) is 14.7 Å². The average Bonchev–Trinajstić information content (AvgIpc) is 2.98. The van der Waals surface area contributed by atoms with Crippen molar-refractivity contribution in [2.75, 3.05) is 6.61 Å². The zero-order valence-electron chi connectivity index (χ0n) is 12.8. The van der Waals surface area contributed by atoms with Crippen LogP contribution in [0.3, 0.4) is 0 Å². The molecule has 2 amide bonds. The molecule has 1 atom stereocenters. The summed E-state index contributed by atoms with van der Waals surface area (Å²) in [5.41, 5.74) is -0.576. The molecule has 0 saturated carbocycles. The Morgan fingerprint density at radius 2 is 2.05 bits per heavy atom. The van der Waals surface area contributed by atoms with Gasteiger partial charge in [0.2, 0.25) is 11.8 Å². The number of aliphatic hydroxyl groups excluding tert-OH is 1. The lowest BCUT2D eigenvalue weighted by molar-refractivity contribution is -0.125. The first-order valence-electron chi connectivity index (χ1n) is 7.18. The number of amides is 2. The van der Waals surface area contributed by atoms with Gasteiger partial charge >= 0.3 is 0 Å². The van der Waals surface area contributed by atoms with Crippen LogP contribution in [0.2, 0.25) is 0 Å². The summed E-state index contributed by atoms with van der Waals surface area (Å²) in [5, 5.41) is 17.1. The van der Waals surface area contributed by atoms with E-state index in [1.54, 1.807) is 0 Å². The summed E-state index contributed by atoms with van der Waals surface area (Å²) in [4.78, 5) is 24.5. The zero-order valence-corrected chi connectivity index (χ0v) is 13.6. The van der Waals surface area contributed by atoms with Crippen LogP contribution in [0.4, 0.5) is 0 Å². The molecule has 0 aliphatic carbocycles. The molecule has 1 rings (SSSR count). The van der Waals surface area contributed by atoms with Crippen LogP contribution in [0.1, 0.15) is 51.0 Å². The summed E-state index contributed by atoms with van der Waals surface area (Å²) in [5.74, 6) is -0.333. The lowest BCUT2D eigenvalue weighted by Gasteiger charge is -2.31. The fourth-order valence-electron chi connectivity index (χ4n) is 2.18. The van der Waals surface area contributed by atoms with Crippen LogP contribution < -0.4 is 10.6 Å². The van der Waals surface area contributed by atoms with E-state index in [-0.39, 0.29) is 30.9 Å². The highest BCUT2D eigenvalue weighted by Crippen LogP contribution is 2.23. The van der Waals surface area contributed by atoms with Gasteiger partial charge < -0.3 is 15.7 Å². The highest BCUT2D eigenvalue weighted by molar-refractivity contribution is 7.10. The van der Waals surface area contributed by atoms with Crippen molar-refractivity contribution >= 4 is 23.2 Å². The van der Waals surface area contributed by atoms with Crippen molar-refractivity contribution in [2.24, 2.45) is 0 Å². The van der Waals surface area contributed by atoms with Crippen molar-refractivity contribution in [3.05, 3.63) is 22.4 Å². The SMILES string of the molecule is CCC(CC)(CO)NC(=O)CC(NC(C)=O)c1cccs1. The second kappa shape index (κ2) is 8.14. The molecule has 0 saturated heterocycles. The second-order valence-electron chi connectivity index (χ2n) is 5.17. The summed E-state index contributed by atoms with van der Waals surface area (Å²) >= 11 is 1.51. The van der Waals surface area contributed by atoms with Gasteiger partial charge in [-0.15, -0.1) is 11.3 Å². The molecule has 21 heavy (non-hydrogen) atoms. The molecule has 3 N–H and O–H groups in total. The molecule has 1 aromatic heterocycles. The van der Waals surface area contributed by atoms with E-state index < -0.39 is 5.54 Å². The summed E-state index contributed by atoms with van der Waals surface area (Å²) in [6.45, 7) is 5.22. The fourth-order valence-corrected chi connectivity index (χ4v) is 2.96. The maximum Gasteiger partial charge on any atom is 0.222 e. The van der Waals surface area contributed by atoms with Crippen molar-refractivity contribution in [1.29, 1.82) is 0 Å². The van der Waals surface area contributed by atoms with Crippen LogP contribution in [0.5, 0.6) is 0 Å². The summed E-state index contributed by atoms with van der Waals surface area (Å²) in [6, 6.07) is 3.47. The Morgan fingerprint density at radius 1 is 1.38 bits per heavy atom. The van der Waals surface area contributed by atoms with Crippen LogP contribution in [-0.2, 0) is 9.59 Å². The lowest BCUT2D eigenvalue weighted by atomic mass is 9.93. The van der Waals surface area contributed by atoms with E-state index >= 15 is 0 Å². The topological polar surface area (TPSA) is 78.4 Å².